The second kappa shape index (κ2) is 6.84. The van der Waals surface area contributed by atoms with E-state index >= 15 is 0 Å². The van der Waals surface area contributed by atoms with E-state index in [1.54, 1.807) is 30.8 Å². The first-order chi connectivity index (χ1) is 9.04. The highest BCUT2D eigenvalue weighted by Gasteiger charge is 2.13. The second-order valence-corrected chi connectivity index (χ2v) is 4.22. The Kier molecular flexibility index (Phi) is 5.44. The van der Waals surface area contributed by atoms with Crippen molar-refractivity contribution >= 4 is 0 Å². The predicted octanol–water partition coefficient (Wildman–Crippen LogP) is 2.01. The van der Waals surface area contributed by atoms with E-state index in [1.807, 2.05) is 0 Å². The molecule has 0 radical (unpaired) electrons. The predicted molar refractivity (Wildman–Crippen MR) is 76.6 cm³/mol. The molecule has 19 heavy (non-hydrogen) atoms. The van der Waals surface area contributed by atoms with Gasteiger partial charge in [-0.3, -0.25) is 4.68 Å². The van der Waals surface area contributed by atoms with Crippen molar-refractivity contribution in [2.24, 2.45) is 12.8 Å². The maximum Gasteiger partial charge on any atom is 0.136 e. The third kappa shape index (κ3) is 3.51. The molecule has 2 aromatic rings. The van der Waals surface area contributed by atoms with Gasteiger partial charge in [0, 0.05) is 15.0 Å². The zero-order valence-corrected chi connectivity index (χ0v) is 11.9. The maximum atomic E-state index is 9.39. The molecular weight excluding hydrogens is 242 g/mol. The van der Waals surface area contributed by atoms with Gasteiger partial charge in [-0.1, -0.05) is 25.5 Å². The van der Waals surface area contributed by atoms with Gasteiger partial charge in [0.25, 0.3) is 0 Å². The average Bonchev–Trinajstić information content (AvgIpc) is 2.75. The lowest BCUT2D eigenvalue weighted by Gasteiger charge is -2.03. The minimum absolute atomic E-state index is 0. The molecule has 0 aliphatic heterocycles. The van der Waals surface area contributed by atoms with E-state index in [-0.39, 0.29) is 7.18 Å². The fraction of sp³-hybridized carbons (Fsp3) is 0.462. The van der Waals surface area contributed by atoms with Crippen LogP contribution in [0, 0.1) is 6.92 Å². The summed E-state index contributed by atoms with van der Waals surface area (Å²) in [6.45, 7) is 6.33. The van der Waals surface area contributed by atoms with Crippen LogP contribution in [0.4, 0.5) is 0 Å². The van der Waals surface area contributed by atoms with Gasteiger partial charge in [-0.2, -0.15) is 0 Å². The molecule has 0 saturated heterocycles. The minimum atomic E-state index is 0. The normalized spacial score (nSPS) is 9.95. The van der Waals surface area contributed by atoms with E-state index in [1.165, 1.54) is 6.42 Å². The van der Waals surface area contributed by atoms with E-state index < -0.39 is 0 Å². The van der Waals surface area contributed by atoms with Crippen LogP contribution in [0.3, 0.4) is 0 Å². The van der Waals surface area contributed by atoms with Crippen LogP contribution in [0.15, 0.2) is 12.1 Å². The molecule has 0 spiro atoms. The number of pyridine rings is 1. The van der Waals surface area contributed by atoms with Crippen molar-refractivity contribution < 1.29 is 6.53 Å². The lowest BCUT2D eigenvalue weighted by molar-refractivity contribution is 0.468. The summed E-state index contributed by atoms with van der Waals surface area (Å²) in [5, 5.41) is 17.3. The molecular formula is C13H23N5O. The number of nitrogens with two attached hydrogens (primary N) is 1. The topological polar surface area (TPSA) is 89.9 Å². The Morgan fingerprint density at radius 3 is 2.53 bits per heavy atom. The van der Waals surface area contributed by atoms with Crippen LogP contribution < -0.4 is 5.73 Å². The average molecular weight is 265 g/mol. The first-order valence-electron chi connectivity index (χ1n) is 6.30. The number of hydrogen-bond donors (Lipinski definition) is 2. The van der Waals surface area contributed by atoms with Crippen LogP contribution in [0.2, 0.25) is 0 Å². The molecule has 0 bridgehead atoms. The number of aromatic nitrogens is 4. The molecule has 0 amide bonds. The summed E-state index contributed by atoms with van der Waals surface area (Å²) in [7, 11) is 1.78. The molecule has 0 fully saturated rings. The Labute approximate surface area is 114 Å². The summed E-state index contributed by atoms with van der Waals surface area (Å²) in [5.74, 6) is 0.168. The van der Waals surface area contributed by atoms with Gasteiger partial charge in [0.15, 0.2) is 0 Å². The molecule has 2 aromatic heterocycles. The van der Waals surface area contributed by atoms with Gasteiger partial charge in [0.05, 0.1) is 17.1 Å². The number of aromatic hydroxyl groups is 1. The highest BCUT2D eigenvalue weighted by atomic mass is 16.3. The third-order valence-corrected chi connectivity index (χ3v) is 2.44. The molecule has 3 N–H and O–H groups in total. The van der Waals surface area contributed by atoms with E-state index in [0.717, 1.165) is 5.69 Å². The smallest absolute Gasteiger partial charge is 0.136 e. The van der Waals surface area contributed by atoms with Gasteiger partial charge in [-0.15, -0.1) is 5.10 Å². The van der Waals surface area contributed by atoms with Crippen molar-refractivity contribution in [3.63, 3.8) is 0 Å². The molecule has 6 nitrogen and oxygen atoms in total. The molecule has 0 saturated carbocycles. The molecule has 0 aromatic carbocycles. The molecule has 2 heterocycles. The van der Waals surface area contributed by atoms with E-state index in [2.05, 4.69) is 29.1 Å². The van der Waals surface area contributed by atoms with E-state index in [0.29, 0.717) is 23.6 Å². The molecule has 2 rings (SSSR count). The molecule has 6 heteroatoms. The Bertz CT molecular complexity index is 542. The number of hydrogen-bond acceptors (Lipinski definition) is 5. The zero-order valence-electron chi connectivity index (χ0n) is 11.9. The maximum absolute atomic E-state index is 9.39. The Morgan fingerprint density at radius 2 is 2.00 bits per heavy atom. The van der Waals surface area contributed by atoms with Crippen molar-refractivity contribution in [3.05, 3.63) is 23.5 Å². The van der Waals surface area contributed by atoms with Crippen molar-refractivity contribution in [2.45, 2.75) is 33.7 Å². The number of aryl methyl sites for hydroxylation is 2. The van der Waals surface area contributed by atoms with Crippen LogP contribution in [0.25, 0.3) is 11.4 Å². The fourth-order valence-corrected chi connectivity index (χ4v) is 1.49. The first kappa shape index (κ1) is 15.1. The largest absolute Gasteiger partial charge is 0.506 e. The Balaban J connectivity index is 0.000000830. The number of nitrogens with zero attached hydrogens (tertiary/aromatic N) is 4. The van der Waals surface area contributed by atoms with Crippen LogP contribution in [0.5, 0.6) is 5.75 Å². The summed E-state index contributed by atoms with van der Waals surface area (Å²) in [6.07, 6.45) is 1.25. The zero-order chi connectivity index (χ0) is 14.4. The van der Waals surface area contributed by atoms with Crippen molar-refractivity contribution in [1.29, 1.82) is 0 Å². The van der Waals surface area contributed by atoms with Gasteiger partial charge >= 0.3 is 0 Å². The highest BCUT2D eigenvalue weighted by molar-refractivity contribution is 5.57. The van der Waals surface area contributed by atoms with Gasteiger partial charge in [-0.05, 0) is 19.1 Å². The van der Waals surface area contributed by atoms with Crippen LogP contribution >= 0.6 is 0 Å². The molecule has 106 valence electrons. The third-order valence-electron chi connectivity index (χ3n) is 2.44. The standard InChI is InChI=1S/C10H13N5O.C3H8.H2/c1-6-9(16)4-3-7(12-6)10-8(5-11)15(2)14-13-10;1-3-2;/h3-4,16H,5,11H2,1-2H3;3H2,1-2H3;1H. The molecule has 0 aliphatic rings. The minimum Gasteiger partial charge on any atom is -0.506 e. The lowest BCUT2D eigenvalue weighted by Crippen LogP contribution is -2.05. The highest BCUT2D eigenvalue weighted by Crippen LogP contribution is 2.22. The molecule has 0 atom stereocenters. The fourth-order valence-electron chi connectivity index (χ4n) is 1.49. The van der Waals surface area contributed by atoms with Crippen molar-refractivity contribution in [2.75, 3.05) is 0 Å². The van der Waals surface area contributed by atoms with Gasteiger partial charge < -0.3 is 10.8 Å². The van der Waals surface area contributed by atoms with Crippen molar-refractivity contribution in [3.8, 4) is 17.1 Å². The Hall–Kier alpha value is -1.95. The first-order valence-corrected chi connectivity index (χ1v) is 6.30. The summed E-state index contributed by atoms with van der Waals surface area (Å²) in [4.78, 5) is 4.24. The monoisotopic (exact) mass is 265 g/mol. The van der Waals surface area contributed by atoms with E-state index in [4.69, 9.17) is 5.73 Å². The summed E-state index contributed by atoms with van der Waals surface area (Å²) < 4.78 is 1.62. The van der Waals surface area contributed by atoms with Crippen LogP contribution in [-0.2, 0) is 13.6 Å². The summed E-state index contributed by atoms with van der Waals surface area (Å²) >= 11 is 0. The van der Waals surface area contributed by atoms with E-state index in [9.17, 15) is 5.11 Å². The van der Waals surface area contributed by atoms with Crippen LogP contribution in [0.1, 0.15) is 33.1 Å². The van der Waals surface area contributed by atoms with Gasteiger partial charge in [0.1, 0.15) is 11.4 Å². The van der Waals surface area contributed by atoms with Gasteiger partial charge in [-0.25, -0.2) is 4.98 Å². The van der Waals surface area contributed by atoms with Crippen molar-refractivity contribution in [1.82, 2.24) is 20.0 Å². The lowest BCUT2D eigenvalue weighted by atomic mass is 10.2. The quantitative estimate of drug-likeness (QED) is 0.867. The summed E-state index contributed by atoms with van der Waals surface area (Å²) in [5.41, 5.74) is 8.33. The van der Waals surface area contributed by atoms with Crippen LogP contribution in [-0.4, -0.2) is 25.1 Å². The SMILES string of the molecule is CCC.Cc1nc(-c2nnn(C)c2CN)ccc1O.[HH]. The number of rotatable bonds is 2. The summed E-state index contributed by atoms with van der Waals surface area (Å²) in [6, 6.07) is 3.29. The Morgan fingerprint density at radius 1 is 1.37 bits per heavy atom. The molecule has 0 unspecified atom stereocenters. The molecule has 0 aliphatic carbocycles. The second-order valence-electron chi connectivity index (χ2n) is 4.22. The van der Waals surface area contributed by atoms with Gasteiger partial charge in [0.2, 0.25) is 0 Å².